The third-order valence-corrected chi connectivity index (χ3v) is 4.64. The molecule has 3 rings (SSSR count). The van der Waals surface area contributed by atoms with Crippen LogP contribution < -0.4 is 0 Å². The summed E-state index contributed by atoms with van der Waals surface area (Å²) in [4.78, 5) is 12.0. The minimum absolute atomic E-state index is 0.118. The van der Waals surface area contributed by atoms with Crippen LogP contribution in [0.2, 0.25) is 0 Å². The minimum atomic E-state index is -0.118. The molecule has 0 saturated heterocycles. The highest BCUT2D eigenvalue weighted by atomic mass is 16.5. The first-order chi connectivity index (χ1) is 12.2. The van der Waals surface area contributed by atoms with Crippen LogP contribution in [0, 0.1) is 5.92 Å². The zero-order valence-corrected chi connectivity index (χ0v) is 14.5. The van der Waals surface area contributed by atoms with E-state index in [9.17, 15) is 4.79 Å². The zero-order valence-electron chi connectivity index (χ0n) is 14.5. The smallest absolute Gasteiger partial charge is 0.306 e. The van der Waals surface area contributed by atoms with Gasteiger partial charge in [0.25, 0.3) is 0 Å². The number of ether oxygens (including phenoxy) is 2. The first-order valence-electron chi connectivity index (χ1n) is 8.75. The largest absolute Gasteiger partial charge is 0.461 e. The molecule has 1 aromatic heterocycles. The fourth-order valence-electron chi connectivity index (χ4n) is 3.26. The Labute approximate surface area is 147 Å². The average Bonchev–Trinajstić information content (AvgIpc) is 3.10. The molecule has 0 N–H and O–H groups in total. The molecule has 1 aliphatic rings. The van der Waals surface area contributed by atoms with Crippen molar-refractivity contribution in [3.8, 4) is 0 Å². The van der Waals surface area contributed by atoms with Crippen molar-refractivity contribution in [2.75, 3.05) is 7.11 Å². The van der Waals surface area contributed by atoms with E-state index in [4.69, 9.17) is 13.9 Å². The Morgan fingerprint density at radius 3 is 2.60 bits per heavy atom. The van der Waals surface area contributed by atoms with Gasteiger partial charge in [0, 0.05) is 19.4 Å². The average molecular weight is 344 g/mol. The molecule has 1 fully saturated rings. The molecule has 0 spiro atoms. The third-order valence-electron chi connectivity index (χ3n) is 4.64. The summed E-state index contributed by atoms with van der Waals surface area (Å²) < 4.78 is 16.0. The highest BCUT2D eigenvalue weighted by Crippen LogP contribution is 2.36. The van der Waals surface area contributed by atoms with Crippen molar-refractivity contribution in [2.24, 2.45) is 5.92 Å². The number of carbonyl (C=O) groups excluding carboxylic acids is 1. The molecule has 1 heterocycles. The normalized spacial score (nSPS) is 20.4. The summed E-state index contributed by atoms with van der Waals surface area (Å²) in [6.45, 7) is 0.689. The second kappa shape index (κ2) is 8.76. The number of nitrogens with zero attached hydrogens (tertiary/aromatic N) is 2. The van der Waals surface area contributed by atoms with E-state index in [1.165, 1.54) is 0 Å². The van der Waals surface area contributed by atoms with Crippen LogP contribution >= 0.6 is 0 Å². The maximum absolute atomic E-state index is 12.0. The molecule has 25 heavy (non-hydrogen) atoms. The lowest BCUT2D eigenvalue weighted by Crippen LogP contribution is -2.18. The van der Waals surface area contributed by atoms with Gasteiger partial charge in [-0.25, -0.2) is 0 Å². The van der Waals surface area contributed by atoms with Crippen LogP contribution in [0.1, 0.15) is 55.4 Å². The molecule has 6 nitrogen and oxygen atoms in total. The molecule has 0 bridgehead atoms. The van der Waals surface area contributed by atoms with Gasteiger partial charge in [-0.3, -0.25) is 4.79 Å². The molecule has 1 aromatic carbocycles. The summed E-state index contributed by atoms with van der Waals surface area (Å²) in [7, 11) is 1.60. The number of methoxy groups -OCH3 is 1. The SMILES string of the molecule is COCc1nnc(C2CCC(CC(=O)OCc3ccccc3)CC2)o1. The fraction of sp³-hybridized carbons (Fsp3) is 0.526. The van der Waals surface area contributed by atoms with Crippen molar-refractivity contribution in [1.82, 2.24) is 10.2 Å². The number of aromatic nitrogens is 2. The van der Waals surface area contributed by atoms with Crippen LogP contribution in [0.4, 0.5) is 0 Å². The minimum Gasteiger partial charge on any atom is -0.461 e. The van der Waals surface area contributed by atoms with Gasteiger partial charge in [-0.1, -0.05) is 30.3 Å². The number of esters is 1. The van der Waals surface area contributed by atoms with Gasteiger partial charge in [-0.2, -0.15) is 0 Å². The van der Waals surface area contributed by atoms with Crippen LogP contribution in [-0.4, -0.2) is 23.3 Å². The molecular weight excluding hydrogens is 320 g/mol. The van der Waals surface area contributed by atoms with Crippen LogP contribution in [-0.2, 0) is 27.5 Å². The summed E-state index contributed by atoms with van der Waals surface area (Å²) in [6, 6.07) is 9.76. The second-order valence-corrected chi connectivity index (χ2v) is 6.54. The van der Waals surface area contributed by atoms with E-state index >= 15 is 0 Å². The predicted molar refractivity (Wildman–Crippen MR) is 90.6 cm³/mol. The summed E-state index contributed by atoms with van der Waals surface area (Å²) in [5.41, 5.74) is 1.02. The third kappa shape index (κ3) is 5.13. The lowest BCUT2D eigenvalue weighted by molar-refractivity contribution is -0.146. The molecule has 1 aliphatic carbocycles. The Morgan fingerprint density at radius 1 is 1.12 bits per heavy atom. The van der Waals surface area contributed by atoms with Gasteiger partial charge in [-0.05, 0) is 37.2 Å². The van der Waals surface area contributed by atoms with Gasteiger partial charge in [0.05, 0.1) is 0 Å². The number of benzene rings is 1. The van der Waals surface area contributed by atoms with Gasteiger partial charge < -0.3 is 13.9 Å². The van der Waals surface area contributed by atoms with Crippen molar-refractivity contribution in [3.63, 3.8) is 0 Å². The molecule has 0 aliphatic heterocycles. The van der Waals surface area contributed by atoms with Crippen LogP contribution in [0.25, 0.3) is 0 Å². The molecule has 0 radical (unpaired) electrons. The number of hydrogen-bond donors (Lipinski definition) is 0. The van der Waals surface area contributed by atoms with E-state index in [2.05, 4.69) is 10.2 Å². The Bertz CT molecular complexity index is 663. The van der Waals surface area contributed by atoms with Gasteiger partial charge in [0.15, 0.2) is 0 Å². The predicted octanol–water partition coefficient (Wildman–Crippen LogP) is 3.62. The topological polar surface area (TPSA) is 74.5 Å². The Hall–Kier alpha value is -2.21. The highest BCUT2D eigenvalue weighted by Gasteiger charge is 2.27. The Morgan fingerprint density at radius 2 is 1.88 bits per heavy atom. The molecule has 2 aromatic rings. The van der Waals surface area contributed by atoms with Gasteiger partial charge in [0.1, 0.15) is 13.2 Å². The standard InChI is InChI=1S/C19H24N2O4/c1-23-13-17-20-21-19(25-17)16-9-7-14(8-10-16)11-18(22)24-12-15-5-3-2-4-6-15/h2-6,14,16H,7-13H2,1H3. The quantitative estimate of drug-likeness (QED) is 0.714. The van der Waals surface area contributed by atoms with E-state index in [1.54, 1.807) is 7.11 Å². The van der Waals surface area contributed by atoms with Crippen LogP contribution in [0.3, 0.4) is 0 Å². The van der Waals surface area contributed by atoms with E-state index in [1.807, 2.05) is 30.3 Å². The van der Waals surface area contributed by atoms with E-state index < -0.39 is 0 Å². The van der Waals surface area contributed by atoms with Gasteiger partial charge in [0.2, 0.25) is 11.8 Å². The maximum atomic E-state index is 12.0. The molecule has 134 valence electrons. The monoisotopic (exact) mass is 344 g/mol. The van der Waals surface area contributed by atoms with Crippen molar-refractivity contribution in [3.05, 3.63) is 47.7 Å². The Balaban J connectivity index is 1.40. The van der Waals surface area contributed by atoms with Gasteiger partial charge >= 0.3 is 5.97 Å². The highest BCUT2D eigenvalue weighted by molar-refractivity contribution is 5.69. The summed E-state index contributed by atoms with van der Waals surface area (Å²) >= 11 is 0. The number of rotatable bonds is 7. The van der Waals surface area contributed by atoms with E-state index in [0.29, 0.717) is 37.3 Å². The van der Waals surface area contributed by atoms with E-state index in [0.717, 1.165) is 31.2 Å². The summed E-state index contributed by atoms with van der Waals surface area (Å²) in [6.07, 6.45) is 4.37. The van der Waals surface area contributed by atoms with Crippen LogP contribution in [0.15, 0.2) is 34.7 Å². The molecule has 0 atom stereocenters. The van der Waals surface area contributed by atoms with Crippen molar-refractivity contribution >= 4 is 5.97 Å². The second-order valence-electron chi connectivity index (χ2n) is 6.54. The molecule has 1 saturated carbocycles. The lowest BCUT2D eigenvalue weighted by Gasteiger charge is -2.25. The first-order valence-corrected chi connectivity index (χ1v) is 8.75. The van der Waals surface area contributed by atoms with Crippen molar-refractivity contribution < 1.29 is 18.7 Å². The lowest BCUT2D eigenvalue weighted by atomic mass is 9.80. The first kappa shape index (κ1) is 17.6. The number of carbonyl (C=O) groups is 1. The van der Waals surface area contributed by atoms with Crippen molar-refractivity contribution in [1.29, 1.82) is 0 Å². The van der Waals surface area contributed by atoms with Crippen molar-refractivity contribution in [2.45, 2.75) is 51.2 Å². The maximum Gasteiger partial charge on any atom is 0.306 e. The van der Waals surface area contributed by atoms with Gasteiger partial charge in [-0.15, -0.1) is 10.2 Å². The van der Waals surface area contributed by atoms with Crippen LogP contribution in [0.5, 0.6) is 0 Å². The molecule has 6 heteroatoms. The van der Waals surface area contributed by atoms with E-state index in [-0.39, 0.29) is 11.9 Å². The molecule has 0 unspecified atom stereocenters. The number of hydrogen-bond acceptors (Lipinski definition) is 6. The summed E-state index contributed by atoms with van der Waals surface area (Å²) in [5, 5.41) is 8.11. The Kier molecular flexibility index (Phi) is 6.17. The summed E-state index contributed by atoms with van der Waals surface area (Å²) in [5.74, 6) is 1.75. The molecule has 0 amide bonds. The fourth-order valence-corrected chi connectivity index (χ4v) is 3.26. The molecular formula is C19H24N2O4. The zero-order chi connectivity index (χ0) is 17.5.